The highest BCUT2D eigenvalue weighted by molar-refractivity contribution is 7.59. The summed E-state index contributed by atoms with van der Waals surface area (Å²) in [7, 11) is 1.73. The number of fused-ring (bicyclic) bond motifs is 1. The van der Waals surface area contributed by atoms with E-state index in [1.807, 2.05) is 35.2 Å². The number of amides is 2. The predicted octanol–water partition coefficient (Wildman–Crippen LogP) is 3.59. The Morgan fingerprint density at radius 1 is 1.09 bits per heavy atom. The maximum absolute atomic E-state index is 13.6. The molecule has 1 heterocycles. The second-order valence-electron chi connectivity index (χ2n) is 8.18. The van der Waals surface area contributed by atoms with Crippen LogP contribution in [0.1, 0.15) is 53.2 Å². The molecule has 0 spiro atoms. The molecule has 1 aliphatic carbocycles. The Morgan fingerprint density at radius 2 is 1.81 bits per heavy atom. The zero-order valence-corrected chi connectivity index (χ0v) is 19.1. The average Bonchev–Trinajstić information content (AvgIpc) is 3.03. The van der Waals surface area contributed by atoms with Gasteiger partial charge in [0.15, 0.2) is 0 Å². The SMILES string of the molecule is COC1CCC(C(=O)N2Cc3ccc(C(=O)NO)cc3OC[C@@H]2c2ccccc2)CC1.S. The maximum atomic E-state index is 13.6. The molecule has 1 saturated carbocycles. The molecule has 4 rings (SSSR count). The van der Waals surface area contributed by atoms with Crippen LogP contribution < -0.4 is 10.2 Å². The van der Waals surface area contributed by atoms with E-state index in [1.54, 1.807) is 30.8 Å². The first-order valence-corrected chi connectivity index (χ1v) is 10.7. The summed E-state index contributed by atoms with van der Waals surface area (Å²) in [5.41, 5.74) is 3.80. The van der Waals surface area contributed by atoms with Crippen molar-refractivity contribution in [2.45, 2.75) is 44.4 Å². The number of nitrogens with one attached hydrogen (secondary N) is 1. The third kappa shape index (κ3) is 5.09. The van der Waals surface area contributed by atoms with Crippen LogP contribution in [0.2, 0.25) is 0 Å². The van der Waals surface area contributed by atoms with Crippen LogP contribution in [0.25, 0.3) is 0 Å². The second-order valence-corrected chi connectivity index (χ2v) is 8.18. The van der Waals surface area contributed by atoms with Crippen molar-refractivity contribution >= 4 is 25.3 Å². The zero-order valence-electron chi connectivity index (χ0n) is 18.1. The molecule has 1 fully saturated rings. The van der Waals surface area contributed by atoms with Crippen molar-refractivity contribution in [1.82, 2.24) is 10.4 Å². The molecule has 0 radical (unpaired) electrons. The molecule has 2 amide bonds. The van der Waals surface area contributed by atoms with Gasteiger partial charge in [-0.25, -0.2) is 5.48 Å². The van der Waals surface area contributed by atoms with E-state index in [4.69, 9.17) is 14.7 Å². The normalized spacial score (nSPS) is 22.6. The molecule has 0 aromatic heterocycles. The van der Waals surface area contributed by atoms with Gasteiger partial charge in [-0.15, -0.1) is 0 Å². The summed E-state index contributed by atoms with van der Waals surface area (Å²) < 4.78 is 11.5. The number of hydroxylamine groups is 1. The third-order valence-corrected chi connectivity index (χ3v) is 6.37. The van der Waals surface area contributed by atoms with Crippen molar-refractivity contribution in [2.75, 3.05) is 13.7 Å². The van der Waals surface area contributed by atoms with Gasteiger partial charge >= 0.3 is 0 Å². The molecule has 0 bridgehead atoms. The fraction of sp³-hybridized carbons (Fsp3) is 0.417. The summed E-state index contributed by atoms with van der Waals surface area (Å²) >= 11 is 0. The molecule has 1 atom stereocenters. The van der Waals surface area contributed by atoms with Crippen molar-refractivity contribution in [3.05, 3.63) is 65.2 Å². The number of carbonyl (C=O) groups excluding carboxylic acids is 2. The van der Waals surface area contributed by atoms with E-state index in [9.17, 15) is 9.59 Å². The van der Waals surface area contributed by atoms with Crippen LogP contribution in [-0.2, 0) is 16.1 Å². The van der Waals surface area contributed by atoms with E-state index in [-0.39, 0.29) is 37.5 Å². The van der Waals surface area contributed by atoms with Crippen LogP contribution in [0.3, 0.4) is 0 Å². The van der Waals surface area contributed by atoms with Crippen LogP contribution >= 0.6 is 13.5 Å². The zero-order chi connectivity index (χ0) is 21.8. The van der Waals surface area contributed by atoms with Crippen LogP contribution in [0.5, 0.6) is 5.75 Å². The van der Waals surface area contributed by atoms with Crippen LogP contribution in [0.15, 0.2) is 48.5 Å². The lowest BCUT2D eigenvalue weighted by Crippen LogP contribution is -2.41. The number of nitrogens with zero attached hydrogens (tertiary/aromatic N) is 1. The number of hydrogen-bond acceptors (Lipinski definition) is 5. The van der Waals surface area contributed by atoms with E-state index in [1.165, 1.54) is 0 Å². The highest BCUT2D eigenvalue weighted by Gasteiger charge is 2.35. The third-order valence-electron chi connectivity index (χ3n) is 6.37. The molecule has 2 aromatic carbocycles. The Kier molecular flexibility index (Phi) is 8.17. The Labute approximate surface area is 195 Å². The highest BCUT2D eigenvalue weighted by Crippen LogP contribution is 2.36. The largest absolute Gasteiger partial charge is 0.491 e. The summed E-state index contributed by atoms with van der Waals surface area (Å²) in [6.07, 6.45) is 3.66. The molecule has 2 N–H and O–H groups in total. The van der Waals surface area contributed by atoms with E-state index in [0.717, 1.165) is 36.8 Å². The minimum Gasteiger partial charge on any atom is -0.491 e. The van der Waals surface area contributed by atoms with Crippen molar-refractivity contribution in [3.63, 3.8) is 0 Å². The van der Waals surface area contributed by atoms with E-state index in [2.05, 4.69) is 0 Å². The van der Waals surface area contributed by atoms with Gasteiger partial charge in [0, 0.05) is 24.2 Å². The Bertz CT molecular complexity index is 931. The van der Waals surface area contributed by atoms with Crippen LogP contribution in [0.4, 0.5) is 0 Å². The molecule has 32 heavy (non-hydrogen) atoms. The summed E-state index contributed by atoms with van der Waals surface area (Å²) in [6.45, 7) is 0.694. The Balaban J connectivity index is 0.00000289. The van der Waals surface area contributed by atoms with E-state index >= 15 is 0 Å². The minimum absolute atomic E-state index is 0. The van der Waals surface area contributed by atoms with Crippen molar-refractivity contribution in [1.29, 1.82) is 0 Å². The first-order valence-electron chi connectivity index (χ1n) is 10.7. The molecule has 2 aliphatic rings. The number of ether oxygens (including phenoxy) is 2. The number of carbonyl (C=O) groups is 2. The molecule has 8 heteroatoms. The van der Waals surface area contributed by atoms with Gasteiger partial charge in [0.05, 0.1) is 18.7 Å². The number of hydrogen-bond donors (Lipinski definition) is 2. The number of benzene rings is 2. The fourth-order valence-corrected chi connectivity index (χ4v) is 4.54. The van der Waals surface area contributed by atoms with Crippen molar-refractivity contribution in [2.24, 2.45) is 5.92 Å². The van der Waals surface area contributed by atoms with Crippen molar-refractivity contribution < 1.29 is 24.3 Å². The molecular weight excluding hydrogens is 428 g/mol. The van der Waals surface area contributed by atoms with Gasteiger partial charge in [0.2, 0.25) is 5.91 Å². The lowest BCUT2D eigenvalue weighted by atomic mass is 9.85. The molecule has 0 unspecified atom stereocenters. The van der Waals surface area contributed by atoms with Gasteiger partial charge in [0.1, 0.15) is 12.4 Å². The van der Waals surface area contributed by atoms with E-state index in [0.29, 0.717) is 24.5 Å². The Hall–Kier alpha value is -2.55. The summed E-state index contributed by atoms with van der Waals surface area (Å²) in [4.78, 5) is 27.4. The smallest absolute Gasteiger partial charge is 0.274 e. The number of methoxy groups -OCH3 is 1. The predicted molar refractivity (Wildman–Crippen MR) is 124 cm³/mol. The average molecular weight is 459 g/mol. The van der Waals surface area contributed by atoms with Crippen LogP contribution in [-0.4, -0.2) is 41.7 Å². The molecule has 0 saturated heterocycles. The lowest BCUT2D eigenvalue weighted by molar-refractivity contribution is -0.141. The summed E-state index contributed by atoms with van der Waals surface area (Å²) in [6, 6.07) is 14.7. The summed E-state index contributed by atoms with van der Waals surface area (Å²) in [5, 5.41) is 8.93. The first-order chi connectivity index (χ1) is 15.1. The number of rotatable bonds is 4. The Morgan fingerprint density at radius 3 is 2.47 bits per heavy atom. The molecule has 2 aromatic rings. The lowest BCUT2D eigenvalue weighted by Gasteiger charge is -2.35. The van der Waals surface area contributed by atoms with Gasteiger partial charge in [-0.2, -0.15) is 13.5 Å². The van der Waals surface area contributed by atoms with E-state index < -0.39 is 5.91 Å². The van der Waals surface area contributed by atoms with Gasteiger partial charge in [0.25, 0.3) is 5.91 Å². The topological polar surface area (TPSA) is 88.1 Å². The van der Waals surface area contributed by atoms with Gasteiger partial charge < -0.3 is 14.4 Å². The molecule has 172 valence electrons. The summed E-state index contributed by atoms with van der Waals surface area (Å²) in [5.74, 6) is 0.0640. The highest BCUT2D eigenvalue weighted by atomic mass is 32.1. The quantitative estimate of drug-likeness (QED) is 0.540. The standard InChI is InChI=1S/C24H28N2O5.H2S/c1-30-20-11-9-17(10-12-20)24(28)26-14-19-8-7-18(23(27)25-29)13-22(19)31-15-21(26)16-5-3-2-4-6-16;/h2-8,13,17,20-21,29H,9-12,14-15H2,1H3,(H,25,27);1H2/t17?,20?,21-;/m1./s1. The van der Waals surface area contributed by atoms with Gasteiger partial charge in [-0.05, 0) is 43.4 Å². The fourth-order valence-electron chi connectivity index (χ4n) is 4.54. The minimum atomic E-state index is -0.599. The van der Waals surface area contributed by atoms with Crippen LogP contribution in [0, 0.1) is 5.92 Å². The first kappa shape index (κ1) is 24.1. The molecule has 7 nitrogen and oxygen atoms in total. The van der Waals surface area contributed by atoms with Gasteiger partial charge in [-0.1, -0.05) is 36.4 Å². The van der Waals surface area contributed by atoms with Gasteiger partial charge in [-0.3, -0.25) is 14.8 Å². The monoisotopic (exact) mass is 458 g/mol. The second kappa shape index (κ2) is 10.8. The van der Waals surface area contributed by atoms with Crippen molar-refractivity contribution in [3.8, 4) is 5.75 Å². The maximum Gasteiger partial charge on any atom is 0.274 e. The molecular formula is C24H30N2O5S. The molecule has 1 aliphatic heterocycles.